The summed E-state index contributed by atoms with van der Waals surface area (Å²) in [6.07, 6.45) is 5.56. The first-order valence-corrected chi connectivity index (χ1v) is 11.7. The number of amides is 1. The van der Waals surface area contributed by atoms with Crippen LogP contribution in [0.25, 0.3) is 16.8 Å². The number of halogens is 1. The zero-order chi connectivity index (χ0) is 22.3. The van der Waals surface area contributed by atoms with Gasteiger partial charge in [0.2, 0.25) is 5.91 Å². The Balaban J connectivity index is 1.51. The number of fused-ring (bicyclic) bond motifs is 1. The van der Waals surface area contributed by atoms with Crippen LogP contribution in [0.1, 0.15) is 19.8 Å². The highest BCUT2D eigenvalue weighted by Gasteiger charge is 2.14. The Kier molecular flexibility index (Phi) is 7.29. The minimum atomic E-state index is -0.129. The van der Waals surface area contributed by atoms with E-state index in [4.69, 9.17) is 21.4 Å². The second kappa shape index (κ2) is 10.5. The van der Waals surface area contributed by atoms with Crippen molar-refractivity contribution in [2.75, 3.05) is 17.7 Å². The third-order valence-corrected chi connectivity index (χ3v) is 5.95. The molecule has 164 valence electrons. The van der Waals surface area contributed by atoms with Crippen LogP contribution in [0, 0.1) is 0 Å². The normalized spacial score (nSPS) is 10.9. The molecule has 8 heteroatoms. The van der Waals surface area contributed by atoms with E-state index in [0.717, 1.165) is 40.4 Å². The van der Waals surface area contributed by atoms with Crippen molar-refractivity contribution in [1.82, 2.24) is 14.6 Å². The van der Waals surface area contributed by atoms with E-state index in [1.165, 1.54) is 11.8 Å². The van der Waals surface area contributed by atoms with E-state index in [0.29, 0.717) is 17.3 Å². The molecule has 0 aliphatic rings. The lowest BCUT2D eigenvalue weighted by Crippen LogP contribution is -2.14. The van der Waals surface area contributed by atoms with E-state index in [1.807, 2.05) is 30.3 Å². The van der Waals surface area contributed by atoms with Crippen LogP contribution in [-0.4, -0.2) is 32.9 Å². The highest BCUT2D eigenvalue weighted by atomic mass is 35.5. The van der Waals surface area contributed by atoms with Crippen molar-refractivity contribution in [3.8, 4) is 17.0 Å². The highest BCUT2D eigenvalue weighted by Crippen LogP contribution is 2.32. The molecular weight excluding hydrogens is 444 g/mol. The van der Waals surface area contributed by atoms with Crippen LogP contribution < -0.4 is 10.1 Å². The smallest absolute Gasteiger partial charge is 0.234 e. The average Bonchev–Trinajstić information content (AvgIpc) is 3.23. The summed E-state index contributed by atoms with van der Waals surface area (Å²) in [4.78, 5) is 16.8. The maximum atomic E-state index is 12.4. The summed E-state index contributed by atoms with van der Waals surface area (Å²) in [5, 5.41) is 8.87. The molecule has 0 aliphatic heterocycles. The van der Waals surface area contributed by atoms with Crippen molar-refractivity contribution in [3.63, 3.8) is 0 Å². The van der Waals surface area contributed by atoms with Crippen molar-refractivity contribution in [2.45, 2.75) is 24.8 Å². The maximum absolute atomic E-state index is 12.4. The van der Waals surface area contributed by atoms with Gasteiger partial charge in [-0.25, -0.2) is 9.50 Å². The third-order valence-electron chi connectivity index (χ3n) is 4.72. The average molecular weight is 467 g/mol. The van der Waals surface area contributed by atoms with E-state index >= 15 is 0 Å². The molecule has 4 aromatic rings. The Bertz CT molecular complexity index is 1230. The third kappa shape index (κ3) is 5.41. The summed E-state index contributed by atoms with van der Waals surface area (Å²) in [6, 6.07) is 17.0. The number of nitrogens with one attached hydrogen (secondary N) is 1. The zero-order valence-corrected chi connectivity index (χ0v) is 19.2. The number of rotatable bonds is 9. The number of unbranched alkanes of at least 4 members (excludes halogenated alkanes) is 1. The van der Waals surface area contributed by atoms with Gasteiger partial charge < -0.3 is 10.1 Å². The van der Waals surface area contributed by atoms with Gasteiger partial charge in [-0.3, -0.25) is 4.79 Å². The SMILES string of the molecule is CCCCOc1ccccc1-c1cc2c(SCC(=O)Nc3cccc(Cl)c3)nccn2n1. The van der Waals surface area contributed by atoms with E-state index in [9.17, 15) is 4.79 Å². The first-order valence-electron chi connectivity index (χ1n) is 10.4. The topological polar surface area (TPSA) is 68.5 Å². The highest BCUT2D eigenvalue weighted by molar-refractivity contribution is 8.00. The van der Waals surface area contributed by atoms with Crippen LogP contribution in [0.15, 0.2) is 72.0 Å². The molecule has 1 amide bonds. The Hall–Kier alpha value is -3.03. The number of carbonyl (C=O) groups is 1. The molecule has 0 saturated carbocycles. The molecule has 0 unspecified atom stereocenters. The number of aromatic nitrogens is 3. The second-order valence-corrected chi connectivity index (χ2v) is 8.54. The van der Waals surface area contributed by atoms with Gasteiger partial charge in [-0.05, 0) is 42.8 Å². The van der Waals surface area contributed by atoms with E-state index in [2.05, 4.69) is 17.2 Å². The molecule has 2 heterocycles. The largest absolute Gasteiger partial charge is 0.493 e. The first-order chi connectivity index (χ1) is 15.6. The molecular formula is C24H23ClN4O2S. The number of benzene rings is 2. The summed E-state index contributed by atoms with van der Waals surface area (Å²) in [7, 11) is 0. The van der Waals surface area contributed by atoms with Gasteiger partial charge in [0.05, 0.1) is 23.6 Å². The van der Waals surface area contributed by atoms with Crippen LogP contribution in [0.5, 0.6) is 5.75 Å². The Labute approximate surface area is 196 Å². The summed E-state index contributed by atoms with van der Waals surface area (Å²) >= 11 is 7.34. The molecule has 0 atom stereocenters. The molecule has 0 aliphatic carbocycles. The molecule has 6 nitrogen and oxygen atoms in total. The number of ether oxygens (including phenoxy) is 1. The summed E-state index contributed by atoms with van der Waals surface area (Å²) < 4.78 is 7.75. The zero-order valence-electron chi connectivity index (χ0n) is 17.6. The lowest BCUT2D eigenvalue weighted by Gasteiger charge is -2.09. The number of hydrogen-bond donors (Lipinski definition) is 1. The predicted octanol–water partition coefficient (Wildman–Crippen LogP) is 5.96. The monoisotopic (exact) mass is 466 g/mol. The van der Waals surface area contributed by atoms with Crippen molar-refractivity contribution in [3.05, 3.63) is 72.0 Å². The van der Waals surface area contributed by atoms with Gasteiger partial charge in [0.15, 0.2) is 0 Å². The molecule has 0 fully saturated rings. The van der Waals surface area contributed by atoms with E-state index in [1.54, 1.807) is 41.2 Å². The molecule has 2 aromatic heterocycles. The van der Waals surface area contributed by atoms with Gasteiger partial charge in [-0.2, -0.15) is 5.10 Å². The standard InChI is InChI=1S/C24H23ClN4O2S/c1-2-3-13-31-22-10-5-4-9-19(22)20-15-21-24(26-11-12-29(21)28-20)32-16-23(30)27-18-8-6-7-17(25)14-18/h4-12,14-15H,2-3,13,16H2,1H3,(H,27,30). The number of anilines is 1. The van der Waals surface area contributed by atoms with Crippen molar-refractivity contribution < 1.29 is 9.53 Å². The Morgan fingerprint density at radius 3 is 2.91 bits per heavy atom. The van der Waals surface area contributed by atoms with Crippen LogP contribution >= 0.6 is 23.4 Å². The Morgan fingerprint density at radius 1 is 1.19 bits per heavy atom. The van der Waals surface area contributed by atoms with Crippen LogP contribution in [0.3, 0.4) is 0 Å². The lowest BCUT2D eigenvalue weighted by atomic mass is 10.1. The number of nitrogens with zero attached hydrogens (tertiary/aromatic N) is 3. The quantitative estimate of drug-likeness (QED) is 0.243. The maximum Gasteiger partial charge on any atom is 0.234 e. The van der Waals surface area contributed by atoms with Gasteiger partial charge in [0, 0.05) is 28.7 Å². The second-order valence-electron chi connectivity index (χ2n) is 7.14. The molecule has 1 N–H and O–H groups in total. The van der Waals surface area contributed by atoms with Gasteiger partial charge in [0.1, 0.15) is 10.8 Å². The molecule has 32 heavy (non-hydrogen) atoms. The molecule has 2 aromatic carbocycles. The lowest BCUT2D eigenvalue weighted by molar-refractivity contribution is -0.113. The van der Waals surface area contributed by atoms with Crippen molar-refractivity contribution in [1.29, 1.82) is 0 Å². The van der Waals surface area contributed by atoms with Crippen LogP contribution in [0.4, 0.5) is 5.69 Å². The van der Waals surface area contributed by atoms with Gasteiger partial charge in [0.25, 0.3) is 0 Å². The minimum Gasteiger partial charge on any atom is -0.493 e. The van der Waals surface area contributed by atoms with Crippen LogP contribution in [-0.2, 0) is 4.79 Å². The van der Waals surface area contributed by atoms with Gasteiger partial charge in [-0.1, -0.05) is 54.9 Å². The van der Waals surface area contributed by atoms with Crippen LogP contribution in [0.2, 0.25) is 5.02 Å². The fourth-order valence-corrected chi connectivity index (χ4v) is 4.13. The molecule has 0 saturated heterocycles. The fourth-order valence-electron chi connectivity index (χ4n) is 3.17. The fraction of sp³-hybridized carbons (Fsp3) is 0.208. The summed E-state index contributed by atoms with van der Waals surface area (Å²) in [6.45, 7) is 2.81. The molecule has 4 rings (SSSR count). The predicted molar refractivity (Wildman–Crippen MR) is 130 cm³/mol. The molecule has 0 radical (unpaired) electrons. The number of para-hydroxylation sites is 1. The first kappa shape index (κ1) is 22.2. The molecule has 0 spiro atoms. The number of hydrogen-bond acceptors (Lipinski definition) is 5. The number of thioether (sulfide) groups is 1. The summed E-state index contributed by atoms with van der Waals surface area (Å²) in [5.41, 5.74) is 3.24. The summed E-state index contributed by atoms with van der Waals surface area (Å²) in [5.74, 6) is 0.902. The molecule has 0 bridgehead atoms. The number of carbonyl (C=O) groups excluding carboxylic acids is 1. The van der Waals surface area contributed by atoms with Crippen molar-refractivity contribution >= 4 is 40.5 Å². The van der Waals surface area contributed by atoms with Gasteiger partial charge in [-0.15, -0.1) is 0 Å². The Morgan fingerprint density at radius 2 is 2.06 bits per heavy atom. The van der Waals surface area contributed by atoms with Crippen molar-refractivity contribution in [2.24, 2.45) is 0 Å². The minimum absolute atomic E-state index is 0.129. The van der Waals surface area contributed by atoms with Gasteiger partial charge >= 0.3 is 0 Å². The van der Waals surface area contributed by atoms with E-state index < -0.39 is 0 Å². The van der Waals surface area contributed by atoms with E-state index in [-0.39, 0.29) is 11.7 Å².